The fourth-order valence-electron chi connectivity index (χ4n) is 2.62. The Morgan fingerprint density at radius 1 is 1.19 bits per heavy atom. The maximum absolute atomic E-state index is 10.2. The Bertz CT molecular complexity index is 202. The van der Waals surface area contributed by atoms with Gasteiger partial charge < -0.3 is 5.11 Å². The zero-order valence-corrected chi connectivity index (χ0v) is 11.8. The van der Waals surface area contributed by atoms with Crippen LogP contribution in [-0.4, -0.2) is 11.2 Å². The average Bonchev–Trinajstić information content (AvgIpc) is 2.13. The van der Waals surface area contributed by atoms with E-state index in [0.717, 1.165) is 12.8 Å². The van der Waals surface area contributed by atoms with Gasteiger partial charge in [-0.15, -0.1) is 0 Å². The van der Waals surface area contributed by atoms with Crippen LogP contribution in [0.25, 0.3) is 0 Å². The van der Waals surface area contributed by atoms with E-state index in [0.29, 0.717) is 16.7 Å². The van der Waals surface area contributed by atoms with Gasteiger partial charge in [0.1, 0.15) is 0 Å². The van der Waals surface area contributed by atoms with E-state index in [-0.39, 0.29) is 6.10 Å². The number of aliphatic hydroxyl groups is 1. The first-order valence-electron chi connectivity index (χ1n) is 6.88. The third-order valence-corrected chi connectivity index (χ3v) is 4.12. The molecule has 0 spiro atoms. The third-order valence-electron chi connectivity index (χ3n) is 4.12. The van der Waals surface area contributed by atoms with Gasteiger partial charge >= 0.3 is 0 Å². The molecule has 1 N–H and O–H groups in total. The monoisotopic (exact) mass is 226 g/mol. The molecule has 0 heterocycles. The van der Waals surface area contributed by atoms with Gasteiger partial charge in [-0.1, -0.05) is 34.6 Å². The Hall–Kier alpha value is -0.0400. The van der Waals surface area contributed by atoms with E-state index < -0.39 is 0 Å². The molecule has 1 unspecified atom stereocenters. The van der Waals surface area contributed by atoms with E-state index in [4.69, 9.17) is 0 Å². The van der Waals surface area contributed by atoms with Crippen molar-refractivity contribution in [2.24, 2.45) is 16.7 Å². The minimum absolute atomic E-state index is 0.0599. The molecule has 0 amide bonds. The van der Waals surface area contributed by atoms with Crippen LogP contribution in [0.15, 0.2) is 0 Å². The van der Waals surface area contributed by atoms with E-state index >= 15 is 0 Å². The Labute approximate surface area is 102 Å². The van der Waals surface area contributed by atoms with Crippen molar-refractivity contribution in [3.05, 3.63) is 0 Å². The molecule has 0 saturated heterocycles. The van der Waals surface area contributed by atoms with Crippen LogP contribution in [0.5, 0.6) is 0 Å². The smallest absolute Gasteiger partial charge is 0.0568 e. The molecular weight excluding hydrogens is 196 g/mol. The first-order valence-corrected chi connectivity index (χ1v) is 6.88. The Balaban J connectivity index is 2.31. The minimum Gasteiger partial charge on any atom is -0.393 e. The highest BCUT2D eigenvalue weighted by atomic mass is 16.3. The van der Waals surface area contributed by atoms with Crippen LogP contribution >= 0.6 is 0 Å². The van der Waals surface area contributed by atoms with Crippen LogP contribution in [-0.2, 0) is 0 Å². The van der Waals surface area contributed by atoms with Gasteiger partial charge in [0.25, 0.3) is 0 Å². The molecule has 0 aromatic rings. The van der Waals surface area contributed by atoms with Crippen LogP contribution in [0.3, 0.4) is 0 Å². The van der Waals surface area contributed by atoms with Crippen LogP contribution < -0.4 is 0 Å². The second kappa shape index (κ2) is 5.08. The van der Waals surface area contributed by atoms with Crippen LogP contribution in [0, 0.1) is 16.7 Å². The minimum atomic E-state index is -0.0599. The molecule has 96 valence electrons. The lowest BCUT2D eigenvalue weighted by atomic mass is 9.71. The van der Waals surface area contributed by atoms with E-state index in [1.807, 2.05) is 0 Å². The summed E-state index contributed by atoms with van der Waals surface area (Å²) in [6, 6.07) is 0. The SMILES string of the molecule is CC(C)(C)CCC(O)C1CCC(C)(C)CC1. The topological polar surface area (TPSA) is 20.2 Å². The molecule has 1 aliphatic rings. The highest BCUT2D eigenvalue weighted by Gasteiger charge is 2.30. The normalized spacial score (nSPS) is 24.4. The Morgan fingerprint density at radius 3 is 2.12 bits per heavy atom. The summed E-state index contributed by atoms with van der Waals surface area (Å²) in [6.07, 6.45) is 7.06. The lowest BCUT2D eigenvalue weighted by Crippen LogP contribution is -2.29. The summed E-state index contributed by atoms with van der Waals surface area (Å²) in [6.45, 7) is 11.5. The summed E-state index contributed by atoms with van der Waals surface area (Å²) in [5.74, 6) is 0.565. The molecule has 1 fully saturated rings. The molecule has 0 aromatic carbocycles. The second-order valence-electron chi connectivity index (χ2n) is 7.67. The lowest BCUT2D eigenvalue weighted by molar-refractivity contribution is 0.0438. The van der Waals surface area contributed by atoms with Gasteiger partial charge in [-0.25, -0.2) is 0 Å². The first kappa shape index (κ1) is 14.0. The molecule has 0 radical (unpaired) electrons. The predicted molar refractivity (Wildman–Crippen MR) is 70.4 cm³/mol. The zero-order chi connectivity index (χ0) is 12.4. The summed E-state index contributed by atoms with van der Waals surface area (Å²) in [4.78, 5) is 0. The van der Waals surface area contributed by atoms with Crippen molar-refractivity contribution in [1.82, 2.24) is 0 Å². The van der Waals surface area contributed by atoms with Crippen molar-refractivity contribution >= 4 is 0 Å². The van der Waals surface area contributed by atoms with Crippen molar-refractivity contribution < 1.29 is 5.11 Å². The largest absolute Gasteiger partial charge is 0.393 e. The number of aliphatic hydroxyl groups excluding tert-OH is 1. The van der Waals surface area contributed by atoms with E-state index in [9.17, 15) is 5.11 Å². The summed E-state index contributed by atoms with van der Waals surface area (Å²) in [5, 5.41) is 10.2. The Morgan fingerprint density at radius 2 is 1.69 bits per heavy atom. The molecule has 1 saturated carbocycles. The fourth-order valence-corrected chi connectivity index (χ4v) is 2.62. The molecule has 1 atom stereocenters. The van der Waals surface area contributed by atoms with Crippen LogP contribution in [0.4, 0.5) is 0 Å². The highest BCUT2D eigenvalue weighted by molar-refractivity contribution is 4.82. The number of hydrogen-bond acceptors (Lipinski definition) is 1. The summed E-state index contributed by atoms with van der Waals surface area (Å²) >= 11 is 0. The third kappa shape index (κ3) is 4.86. The summed E-state index contributed by atoms with van der Waals surface area (Å²) in [5.41, 5.74) is 0.870. The first-order chi connectivity index (χ1) is 7.20. The molecule has 1 aliphatic carbocycles. The molecule has 1 rings (SSSR count). The Kier molecular flexibility index (Phi) is 4.45. The summed E-state index contributed by atoms with van der Waals surface area (Å²) < 4.78 is 0. The van der Waals surface area contributed by atoms with Crippen molar-refractivity contribution in [3.8, 4) is 0 Å². The maximum Gasteiger partial charge on any atom is 0.0568 e. The van der Waals surface area contributed by atoms with Gasteiger partial charge in [0.05, 0.1) is 6.10 Å². The molecular formula is C15H30O. The zero-order valence-electron chi connectivity index (χ0n) is 11.8. The van der Waals surface area contributed by atoms with Crippen molar-refractivity contribution in [2.45, 2.75) is 79.2 Å². The highest BCUT2D eigenvalue weighted by Crippen LogP contribution is 2.40. The van der Waals surface area contributed by atoms with E-state index in [1.165, 1.54) is 25.7 Å². The van der Waals surface area contributed by atoms with Gasteiger partial charge in [-0.05, 0) is 55.3 Å². The van der Waals surface area contributed by atoms with Crippen LogP contribution in [0.1, 0.15) is 73.1 Å². The quantitative estimate of drug-likeness (QED) is 0.756. The van der Waals surface area contributed by atoms with Crippen molar-refractivity contribution in [2.75, 3.05) is 0 Å². The van der Waals surface area contributed by atoms with Gasteiger partial charge in [0.2, 0.25) is 0 Å². The lowest BCUT2D eigenvalue weighted by Gasteiger charge is -2.36. The molecule has 0 aromatic heterocycles. The van der Waals surface area contributed by atoms with Gasteiger partial charge in [0.15, 0.2) is 0 Å². The van der Waals surface area contributed by atoms with Gasteiger partial charge in [-0.2, -0.15) is 0 Å². The van der Waals surface area contributed by atoms with Gasteiger partial charge in [0, 0.05) is 0 Å². The second-order valence-corrected chi connectivity index (χ2v) is 7.67. The average molecular weight is 226 g/mol. The molecule has 0 bridgehead atoms. The predicted octanol–water partition coefficient (Wildman–Crippen LogP) is 4.39. The van der Waals surface area contributed by atoms with Crippen molar-refractivity contribution in [1.29, 1.82) is 0 Å². The van der Waals surface area contributed by atoms with Crippen LogP contribution in [0.2, 0.25) is 0 Å². The molecule has 1 heteroatoms. The number of rotatable bonds is 3. The van der Waals surface area contributed by atoms with E-state index in [2.05, 4.69) is 34.6 Å². The van der Waals surface area contributed by atoms with Crippen molar-refractivity contribution in [3.63, 3.8) is 0 Å². The molecule has 16 heavy (non-hydrogen) atoms. The van der Waals surface area contributed by atoms with Gasteiger partial charge in [-0.3, -0.25) is 0 Å². The number of hydrogen-bond donors (Lipinski definition) is 1. The van der Waals surface area contributed by atoms with E-state index in [1.54, 1.807) is 0 Å². The fraction of sp³-hybridized carbons (Fsp3) is 1.00. The summed E-state index contributed by atoms with van der Waals surface area (Å²) in [7, 11) is 0. The standard InChI is InChI=1S/C15H30O/c1-14(2,3)9-8-13(16)12-6-10-15(4,5)11-7-12/h12-13,16H,6-11H2,1-5H3. The molecule has 0 aliphatic heterocycles. The molecule has 1 nitrogen and oxygen atoms in total. The maximum atomic E-state index is 10.2.